The number of thiophene rings is 1. The summed E-state index contributed by atoms with van der Waals surface area (Å²) >= 11 is 7.62. The van der Waals surface area contributed by atoms with E-state index in [0.29, 0.717) is 34.6 Å². The van der Waals surface area contributed by atoms with E-state index in [9.17, 15) is 14.4 Å². The van der Waals surface area contributed by atoms with Crippen molar-refractivity contribution >= 4 is 45.8 Å². The van der Waals surface area contributed by atoms with Gasteiger partial charge in [0.05, 0.1) is 25.7 Å². The van der Waals surface area contributed by atoms with Gasteiger partial charge in [-0.2, -0.15) is 0 Å². The summed E-state index contributed by atoms with van der Waals surface area (Å²) in [5.41, 5.74) is 1.57. The molecule has 1 N–H and O–H groups in total. The maximum absolute atomic E-state index is 12.8. The highest BCUT2D eigenvalue weighted by molar-refractivity contribution is 7.21. The number of likely N-dealkylation sites (tertiary alicyclic amines) is 1. The first-order chi connectivity index (χ1) is 15.4. The Labute approximate surface area is 196 Å². The molecule has 1 fully saturated rings. The predicted octanol–water partition coefficient (Wildman–Crippen LogP) is 4.46. The largest absolute Gasteiger partial charge is 0.466 e. The SMILES string of the molecule is CCOC(=O)c1c(NC(=O)CN2CCCC(C(=O)OCC)C2)sc(Cl)c1-c1ccccc1. The third kappa shape index (κ3) is 5.88. The zero-order valence-electron chi connectivity index (χ0n) is 18.2. The van der Waals surface area contributed by atoms with Gasteiger partial charge in [-0.25, -0.2) is 4.79 Å². The molecule has 1 atom stereocenters. The molecule has 0 spiro atoms. The molecule has 32 heavy (non-hydrogen) atoms. The monoisotopic (exact) mass is 478 g/mol. The van der Waals surface area contributed by atoms with E-state index in [1.165, 1.54) is 0 Å². The molecule has 172 valence electrons. The van der Waals surface area contributed by atoms with Crippen LogP contribution in [0.1, 0.15) is 37.0 Å². The molecule has 1 aliphatic heterocycles. The number of hydrogen-bond donors (Lipinski definition) is 1. The fraction of sp³-hybridized carbons (Fsp3) is 0.435. The number of carbonyl (C=O) groups is 3. The van der Waals surface area contributed by atoms with Crippen molar-refractivity contribution in [2.45, 2.75) is 26.7 Å². The number of amides is 1. The van der Waals surface area contributed by atoms with Crippen LogP contribution in [0, 0.1) is 5.92 Å². The Bertz CT molecular complexity index is 963. The van der Waals surface area contributed by atoms with Gasteiger partial charge in [0, 0.05) is 12.1 Å². The Kier molecular flexibility index (Phi) is 8.67. The Morgan fingerprint density at radius 3 is 2.56 bits per heavy atom. The molecule has 2 aromatic rings. The standard InChI is InChI=1S/C23H27ClN2O5S/c1-3-30-22(28)16-11-8-12-26(13-16)14-17(27)25-21-19(23(29)31-4-2)18(20(24)32-21)15-9-6-5-7-10-15/h5-7,9-10,16H,3-4,8,11-14H2,1-2H3,(H,25,27). The van der Waals surface area contributed by atoms with Crippen molar-refractivity contribution in [1.29, 1.82) is 0 Å². The molecule has 1 amide bonds. The summed E-state index contributed by atoms with van der Waals surface area (Å²) in [4.78, 5) is 39.5. The number of carbonyl (C=O) groups excluding carboxylic acids is 3. The minimum absolute atomic E-state index is 0.106. The van der Waals surface area contributed by atoms with Crippen molar-refractivity contribution in [2.75, 3.05) is 38.2 Å². The summed E-state index contributed by atoms with van der Waals surface area (Å²) in [6.45, 7) is 5.35. The van der Waals surface area contributed by atoms with Crippen LogP contribution < -0.4 is 5.32 Å². The van der Waals surface area contributed by atoms with Gasteiger partial charge in [-0.05, 0) is 38.8 Å². The van der Waals surface area contributed by atoms with E-state index < -0.39 is 5.97 Å². The minimum Gasteiger partial charge on any atom is -0.466 e. The molecule has 1 aliphatic rings. The molecule has 0 bridgehead atoms. The van der Waals surface area contributed by atoms with Gasteiger partial charge in [0.2, 0.25) is 5.91 Å². The van der Waals surface area contributed by atoms with Gasteiger partial charge in [0.25, 0.3) is 0 Å². The Hall–Kier alpha value is -2.42. The number of hydrogen-bond acceptors (Lipinski definition) is 7. The number of rotatable bonds is 8. The highest BCUT2D eigenvalue weighted by Crippen LogP contribution is 2.44. The quantitative estimate of drug-likeness (QED) is 0.564. The molecule has 3 rings (SSSR count). The van der Waals surface area contributed by atoms with Crippen molar-refractivity contribution in [1.82, 2.24) is 4.90 Å². The van der Waals surface area contributed by atoms with Gasteiger partial charge in [-0.3, -0.25) is 14.5 Å². The van der Waals surface area contributed by atoms with E-state index >= 15 is 0 Å². The highest BCUT2D eigenvalue weighted by Gasteiger charge is 2.29. The smallest absolute Gasteiger partial charge is 0.341 e. The van der Waals surface area contributed by atoms with Crippen molar-refractivity contribution in [3.8, 4) is 11.1 Å². The molecule has 2 heterocycles. The lowest BCUT2D eigenvalue weighted by Gasteiger charge is -2.30. The average Bonchev–Trinajstić information content (AvgIpc) is 3.10. The van der Waals surface area contributed by atoms with Gasteiger partial charge in [-0.15, -0.1) is 11.3 Å². The molecule has 1 aromatic carbocycles. The molecule has 1 saturated heterocycles. The molecule has 0 saturated carbocycles. The average molecular weight is 479 g/mol. The van der Waals surface area contributed by atoms with Crippen molar-refractivity contribution < 1.29 is 23.9 Å². The Morgan fingerprint density at radius 1 is 1.16 bits per heavy atom. The molecule has 0 radical (unpaired) electrons. The maximum atomic E-state index is 12.8. The van der Waals surface area contributed by atoms with Crippen molar-refractivity contribution in [3.05, 3.63) is 40.2 Å². The van der Waals surface area contributed by atoms with Crippen molar-refractivity contribution in [2.24, 2.45) is 5.92 Å². The second-order valence-electron chi connectivity index (χ2n) is 7.42. The third-order valence-corrected chi connectivity index (χ3v) is 6.47. The molecule has 0 aliphatic carbocycles. The number of nitrogens with zero attached hydrogens (tertiary/aromatic N) is 1. The zero-order chi connectivity index (χ0) is 23.1. The van der Waals surface area contributed by atoms with Crippen LogP contribution in [-0.2, 0) is 19.1 Å². The first kappa shape index (κ1) is 24.2. The summed E-state index contributed by atoms with van der Waals surface area (Å²) in [5, 5.41) is 3.19. The normalized spacial score (nSPS) is 16.4. The molecule has 1 aromatic heterocycles. The summed E-state index contributed by atoms with van der Waals surface area (Å²) in [7, 11) is 0. The van der Waals surface area contributed by atoms with E-state index in [2.05, 4.69) is 5.32 Å². The van der Waals surface area contributed by atoms with Crippen LogP contribution in [0.25, 0.3) is 11.1 Å². The van der Waals surface area contributed by atoms with Gasteiger partial charge >= 0.3 is 11.9 Å². The van der Waals surface area contributed by atoms with Gasteiger partial charge in [0.1, 0.15) is 14.9 Å². The second kappa shape index (κ2) is 11.4. The molecule has 1 unspecified atom stereocenters. The van der Waals surface area contributed by atoms with Gasteiger partial charge < -0.3 is 14.8 Å². The van der Waals surface area contributed by atoms with E-state index in [1.54, 1.807) is 13.8 Å². The summed E-state index contributed by atoms with van der Waals surface area (Å²) in [6, 6.07) is 9.29. The first-order valence-corrected chi connectivity index (χ1v) is 11.9. The summed E-state index contributed by atoms with van der Waals surface area (Å²) in [6.07, 6.45) is 1.57. The van der Waals surface area contributed by atoms with Crippen LogP contribution in [0.5, 0.6) is 0 Å². The van der Waals surface area contributed by atoms with Crippen LogP contribution in [0.15, 0.2) is 30.3 Å². The van der Waals surface area contributed by atoms with Crippen LogP contribution in [-0.4, -0.2) is 55.6 Å². The van der Waals surface area contributed by atoms with Crippen molar-refractivity contribution in [3.63, 3.8) is 0 Å². The van der Waals surface area contributed by atoms with E-state index in [-0.39, 0.29) is 36.5 Å². The lowest BCUT2D eigenvalue weighted by atomic mass is 9.98. The van der Waals surface area contributed by atoms with E-state index in [1.807, 2.05) is 35.2 Å². The summed E-state index contributed by atoms with van der Waals surface area (Å²) < 4.78 is 10.8. The summed E-state index contributed by atoms with van der Waals surface area (Å²) in [5.74, 6) is -1.27. The number of halogens is 1. The number of benzene rings is 1. The lowest BCUT2D eigenvalue weighted by molar-refractivity contribution is -0.150. The zero-order valence-corrected chi connectivity index (χ0v) is 19.8. The first-order valence-electron chi connectivity index (χ1n) is 10.7. The number of nitrogens with one attached hydrogen (secondary N) is 1. The van der Waals surface area contributed by atoms with Crippen LogP contribution >= 0.6 is 22.9 Å². The van der Waals surface area contributed by atoms with E-state index in [0.717, 1.165) is 29.7 Å². The maximum Gasteiger partial charge on any atom is 0.341 e. The third-order valence-electron chi connectivity index (χ3n) is 5.15. The van der Waals surface area contributed by atoms with Crippen LogP contribution in [0.3, 0.4) is 0 Å². The number of esters is 2. The van der Waals surface area contributed by atoms with Gasteiger partial charge in [0.15, 0.2) is 0 Å². The second-order valence-corrected chi connectivity index (χ2v) is 9.04. The van der Waals surface area contributed by atoms with Crippen LogP contribution in [0.4, 0.5) is 5.00 Å². The van der Waals surface area contributed by atoms with E-state index in [4.69, 9.17) is 21.1 Å². The molecule has 9 heteroatoms. The fourth-order valence-corrected chi connectivity index (χ4v) is 5.16. The number of ether oxygens (including phenoxy) is 2. The number of anilines is 1. The Balaban J connectivity index is 1.77. The minimum atomic E-state index is -0.537. The fourth-order valence-electron chi connectivity index (χ4n) is 3.77. The molecular formula is C23H27ClN2O5S. The highest BCUT2D eigenvalue weighted by atomic mass is 35.5. The molecular weight excluding hydrogens is 452 g/mol. The lowest BCUT2D eigenvalue weighted by Crippen LogP contribution is -2.43. The predicted molar refractivity (Wildman–Crippen MR) is 125 cm³/mol. The number of piperidine rings is 1. The van der Waals surface area contributed by atoms with Gasteiger partial charge in [-0.1, -0.05) is 41.9 Å². The van der Waals surface area contributed by atoms with Crippen LogP contribution in [0.2, 0.25) is 4.34 Å². The topological polar surface area (TPSA) is 84.9 Å². The Morgan fingerprint density at radius 2 is 1.88 bits per heavy atom. The molecule has 7 nitrogen and oxygen atoms in total.